The predicted molar refractivity (Wildman–Crippen MR) is 68.3 cm³/mol. The van der Waals surface area contributed by atoms with Gasteiger partial charge < -0.3 is 14.3 Å². The Bertz CT molecular complexity index is 149. The van der Waals surface area contributed by atoms with E-state index in [-0.39, 0.29) is 6.61 Å². The molecule has 16 heavy (non-hydrogen) atoms. The second-order valence-electron chi connectivity index (χ2n) is 5.19. The number of ether oxygens (including phenoxy) is 1. The number of rotatable bonds is 11. The Balaban J connectivity index is 3.20. The van der Waals surface area contributed by atoms with Crippen LogP contribution < -0.4 is 0 Å². The Morgan fingerprint density at radius 1 is 1.00 bits per heavy atom. The van der Waals surface area contributed by atoms with Gasteiger partial charge in [-0.1, -0.05) is 39.0 Å². The maximum Gasteiger partial charge on any atom is 0.182 e. The summed E-state index contributed by atoms with van der Waals surface area (Å²) in [6, 6.07) is 0. The molecule has 0 unspecified atom stereocenters. The van der Waals surface area contributed by atoms with Crippen LogP contribution in [0.25, 0.3) is 0 Å². The topological polar surface area (TPSA) is 29.5 Å². The summed E-state index contributed by atoms with van der Waals surface area (Å²) in [5.41, 5.74) is 0. The number of aliphatic hydroxyl groups is 1. The number of aliphatic hydroxyl groups excluding tert-OH is 1. The van der Waals surface area contributed by atoms with E-state index >= 15 is 0 Å². The van der Waals surface area contributed by atoms with Gasteiger partial charge in [0.1, 0.15) is 6.54 Å². The van der Waals surface area contributed by atoms with Crippen LogP contribution in [0.3, 0.4) is 0 Å². The van der Waals surface area contributed by atoms with Crippen molar-refractivity contribution < 1.29 is 14.3 Å². The molecule has 0 aromatic carbocycles. The summed E-state index contributed by atoms with van der Waals surface area (Å²) in [5.74, 6) is 0. The average Bonchev–Trinajstić information content (AvgIpc) is 2.22. The molecular formula is C13H30NO2+. The number of nitrogens with zero attached hydrogens (tertiary/aromatic N) is 1. The molecule has 0 bridgehead atoms. The maximum atomic E-state index is 8.85. The van der Waals surface area contributed by atoms with Crippen LogP contribution in [0.1, 0.15) is 45.4 Å². The standard InChI is InChI=1S/C13H30NO2/c1-4-5-6-7-8-9-12-16-13-14(2,3)10-11-15/h15H,4-13H2,1-3H3/q+1. The van der Waals surface area contributed by atoms with E-state index in [2.05, 4.69) is 21.0 Å². The first-order valence-corrected chi connectivity index (χ1v) is 6.63. The van der Waals surface area contributed by atoms with E-state index in [1.54, 1.807) is 0 Å². The molecule has 3 heteroatoms. The van der Waals surface area contributed by atoms with Gasteiger partial charge in [-0.15, -0.1) is 0 Å². The SMILES string of the molecule is CCCCCCCCOC[N+](C)(C)CCO. The second kappa shape index (κ2) is 10.1. The van der Waals surface area contributed by atoms with Crippen LogP contribution in [-0.2, 0) is 4.74 Å². The lowest BCUT2D eigenvalue weighted by molar-refractivity contribution is -0.910. The molecule has 0 saturated heterocycles. The predicted octanol–water partition coefficient (Wildman–Crippen LogP) is 2.39. The molecule has 0 rings (SSSR count). The molecule has 0 aliphatic rings. The van der Waals surface area contributed by atoms with Crippen molar-refractivity contribution in [3.05, 3.63) is 0 Å². The largest absolute Gasteiger partial charge is 0.391 e. The molecule has 0 fully saturated rings. The van der Waals surface area contributed by atoms with Crippen LogP contribution in [0.4, 0.5) is 0 Å². The van der Waals surface area contributed by atoms with Crippen molar-refractivity contribution in [2.45, 2.75) is 45.4 Å². The van der Waals surface area contributed by atoms with Crippen molar-refractivity contribution >= 4 is 0 Å². The fourth-order valence-corrected chi connectivity index (χ4v) is 1.63. The van der Waals surface area contributed by atoms with E-state index in [0.717, 1.165) is 17.6 Å². The van der Waals surface area contributed by atoms with Crippen LogP contribution in [0.15, 0.2) is 0 Å². The van der Waals surface area contributed by atoms with Gasteiger partial charge >= 0.3 is 0 Å². The molecule has 0 radical (unpaired) electrons. The third-order valence-corrected chi connectivity index (χ3v) is 2.79. The fourth-order valence-electron chi connectivity index (χ4n) is 1.63. The molecule has 0 aromatic heterocycles. The lowest BCUT2D eigenvalue weighted by atomic mass is 10.1. The Labute approximate surface area is 101 Å². The van der Waals surface area contributed by atoms with Gasteiger partial charge in [0.15, 0.2) is 6.73 Å². The molecule has 3 nitrogen and oxygen atoms in total. The molecule has 98 valence electrons. The normalized spacial score (nSPS) is 12.0. The van der Waals surface area contributed by atoms with E-state index in [1.165, 1.54) is 38.5 Å². The molecular weight excluding hydrogens is 202 g/mol. The first kappa shape index (κ1) is 15.9. The third-order valence-electron chi connectivity index (χ3n) is 2.79. The van der Waals surface area contributed by atoms with Crippen molar-refractivity contribution in [3.63, 3.8) is 0 Å². The van der Waals surface area contributed by atoms with Gasteiger partial charge in [0.25, 0.3) is 0 Å². The first-order chi connectivity index (χ1) is 7.62. The van der Waals surface area contributed by atoms with Crippen molar-refractivity contribution in [2.24, 2.45) is 0 Å². The van der Waals surface area contributed by atoms with Gasteiger partial charge in [0.2, 0.25) is 0 Å². The van der Waals surface area contributed by atoms with Crippen molar-refractivity contribution in [1.29, 1.82) is 0 Å². The van der Waals surface area contributed by atoms with E-state index < -0.39 is 0 Å². The number of hydrogen-bond donors (Lipinski definition) is 1. The van der Waals surface area contributed by atoms with E-state index in [1.807, 2.05) is 0 Å². The summed E-state index contributed by atoms with van der Waals surface area (Å²) in [5, 5.41) is 8.85. The quantitative estimate of drug-likeness (QED) is 0.337. The zero-order chi connectivity index (χ0) is 12.3. The molecule has 1 N–H and O–H groups in total. The van der Waals surface area contributed by atoms with Crippen LogP contribution in [0, 0.1) is 0 Å². The minimum atomic E-state index is 0.230. The van der Waals surface area contributed by atoms with Gasteiger partial charge in [-0.05, 0) is 6.42 Å². The van der Waals surface area contributed by atoms with Crippen LogP contribution in [0.5, 0.6) is 0 Å². The zero-order valence-corrected chi connectivity index (χ0v) is 11.4. The average molecular weight is 232 g/mol. The van der Waals surface area contributed by atoms with Crippen LogP contribution in [0.2, 0.25) is 0 Å². The molecule has 0 atom stereocenters. The summed E-state index contributed by atoms with van der Waals surface area (Å²) >= 11 is 0. The lowest BCUT2D eigenvalue weighted by Crippen LogP contribution is -2.43. The van der Waals surface area contributed by atoms with Crippen LogP contribution in [-0.4, -0.2) is 50.2 Å². The molecule has 0 aliphatic heterocycles. The Hall–Kier alpha value is -0.120. The van der Waals surface area contributed by atoms with Gasteiger partial charge in [0.05, 0.1) is 27.3 Å². The summed E-state index contributed by atoms with van der Waals surface area (Å²) < 4.78 is 6.36. The zero-order valence-electron chi connectivity index (χ0n) is 11.4. The van der Waals surface area contributed by atoms with E-state index in [0.29, 0.717) is 6.73 Å². The lowest BCUT2D eigenvalue weighted by Gasteiger charge is -2.28. The molecule has 0 spiro atoms. The Kier molecular flexibility index (Phi) is 9.99. The molecule has 0 aromatic rings. The van der Waals surface area contributed by atoms with Crippen LogP contribution >= 0.6 is 0 Å². The second-order valence-corrected chi connectivity index (χ2v) is 5.19. The van der Waals surface area contributed by atoms with Gasteiger partial charge in [0, 0.05) is 0 Å². The number of unbranched alkanes of at least 4 members (excludes halogenated alkanes) is 5. The summed E-state index contributed by atoms with van der Waals surface area (Å²) in [4.78, 5) is 0. The minimum absolute atomic E-state index is 0.230. The van der Waals surface area contributed by atoms with Crippen molar-refractivity contribution in [3.8, 4) is 0 Å². The Morgan fingerprint density at radius 3 is 2.25 bits per heavy atom. The fraction of sp³-hybridized carbons (Fsp3) is 1.00. The highest BCUT2D eigenvalue weighted by molar-refractivity contribution is 4.42. The monoisotopic (exact) mass is 232 g/mol. The van der Waals surface area contributed by atoms with E-state index in [4.69, 9.17) is 9.84 Å². The highest BCUT2D eigenvalue weighted by Gasteiger charge is 2.13. The third kappa shape index (κ3) is 10.4. The smallest absolute Gasteiger partial charge is 0.182 e. The molecule has 0 amide bonds. The minimum Gasteiger partial charge on any atom is -0.391 e. The first-order valence-electron chi connectivity index (χ1n) is 6.63. The summed E-state index contributed by atoms with van der Waals surface area (Å²) in [7, 11) is 4.16. The highest BCUT2D eigenvalue weighted by Crippen LogP contribution is 2.05. The molecule has 0 aliphatic carbocycles. The summed E-state index contributed by atoms with van der Waals surface area (Å²) in [6.07, 6.45) is 7.83. The number of hydrogen-bond acceptors (Lipinski definition) is 2. The van der Waals surface area contributed by atoms with Crippen molar-refractivity contribution in [1.82, 2.24) is 0 Å². The molecule has 0 saturated carbocycles. The van der Waals surface area contributed by atoms with Gasteiger partial charge in [-0.25, -0.2) is 0 Å². The molecule has 0 heterocycles. The van der Waals surface area contributed by atoms with E-state index in [9.17, 15) is 0 Å². The number of likely N-dealkylation sites (N-methyl/N-ethyl adjacent to an activating group) is 1. The number of quaternary nitrogens is 1. The van der Waals surface area contributed by atoms with Crippen molar-refractivity contribution in [2.75, 3.05) is 40.6 Å². The maximum absolute atomic E-state index is 8.85. The van der Waals surface area contributed by atoms with Gasteiger partial charge in [-0.3, -0.25) is 0 Å². The van der Waals surface area contributed by atoms with Gasteiger partial charge in [-0.2, -0.15) is 0 Å². The highest BCUT2D eigenvalue weighted by atomic mass is 16.5. The summed E-state index contributed by atoms with van der Waals surface area (Å²) in [6.45, 7) is 4.79. The Morgan fingerprint density at radius 2 is 1.62 bits per heavy atom.